The number of nitrogens with one attached hydrogen (secondary N) is 1. The van der Waals surface area contributed by atoms with Crippen LogP contribution in [0.15, 0.2) is 0 Å². The van der Waals surface area contributed by atoms with E-state index in [9.17, 15) is 4.79 Å². The molecule has 1 amide bonds. The molecule has 0 aromatic rings. The number of rotatable bonds is 4. The molecule has 0 aromatic carbocycles. The van der Waals surface area contributed by atoms with Gasteiger partial charge < -0.3 is 15.1 Å². The molecule has 1 aliphatic heterocycles. The third-order valence-electron chi connectivity index (χ3n) is 2.98. The van der Waals surface area contributed by atoms with Crippen LogP contribution in [0.4, 0.5) is 0 Å². The van der Waals surface area contributed by atoms with Crippen molar-refractivity contribution in [1.29, 1.82) is 0 Å². The van der Waals surface area contributed by atoms with E-state index in [2.05, 4.69) is 5.32 Å². The SMILES string of the molecule is CN(C)CCC(=O)N(C)C1CCCNC1. The predicted molar refractivity (Wildman–Crippen MR) is 61.8 cm³/mol. The van der Waals surface area contributed by atoms with Crippen LogP contribution in [0.25, 0.3) is 0 Å². The van der Waals surface area contributed by atoms with Gasteiger partial charge in [0.05, 0.1) is 0 Å². The van der Waals surface area contributed by atoms with Gasteiger partial charge in [0.1, 0.15) is 0 Å². The standard InChI is InChI=1S/C11H23N3O/c1-13(2)8-6-11(15)14(3)10-5-4-7-12-9-10/h10,12H,4-9H2,1-3H3. The van der Waals surface area contributed by atoms with E-state index < -0.39 is 0 Å². The molecule has 1 saturated heterocycles. The highest BCUT2D eigenvalue weighted by molar-refractivity contribution is 5.76. The lowest BCUT2D eigenvalue weighted by Crippen LogP contribution is -2.47. The Labute approximate surface area is 92.6 Å². The van der Waals surface area contributed by atoms with Gasteiger partial charge in [0.2, 0.25) is 5.91 Å². The van der Waals surface area contributed by atoms with Crippen molar-refractivity contribution >= 4 is 5.91 Å². The topological polar surface area (TPSA) is 35.6 Å². The van der Waals surface area contributed by atoms with Crippen molar-refractivity contribution in [1.82, 2.24) is 15.1 Å². The first-order valence-electron chi connectivity index (χ1n) is 5.72. The molecular formula is C11H23N3O. The highest BCUT2D eigenvalue weighted by Crippen LogP contribution is 2.09. The molecule has 1 heterocycles. The summed E-state index contributed by atoms with van der Waals surface area (Å²) < 4.78 is 0. The van der Waals surface area contributed by atoms with Crippen LogP contribution in [0.2, 0.25) is 0 Å². The van der Waals surface area contributed by atoms with E-state index in [1.807, 2.05) is 30.9 Å². The fourth-order valence-electron chi connectivity index (χ4n) is 1.86. The number of carbonyl (C=O) groups is 1. The van der Waals surface area contributed by atoms with Crippen LogP contribution in [0.5, 0.6) is 0 Å². The van der Waals surface area contributed by atoms with Crippen molar-refractivity contribution in [2.75, 3.05) is 40.8 Å². The normalized spacial score (nSPS) is 21.7. The summed E-state index contributed by atoms with van der Waals surface area (Å²) >= 11 is 0. The molecule has 0 radical (unpaired) electrons. The quantitative estimate of drug-likeness (QED) is 0.722. The van der Waals surface area contributed by atoms with E-state index in [1.165, 1.54) is 6.42 Å². The molecule has 4 heteroatoms. The zero-order valence-electron chi connectivity index (χ0n) is 10.1. The molecular weight excluding hydrogens is 190 g/mol. The van der Waals surface area contributed by atoms with Crippen molar-refractivity contribution in [2.24, 2.45) is 0 Å². The molecule has 0 aromatic heterocycles. The maximum Gasteiger partial charge on any atom is 0.223 e. The number of hydrogen-bond donors (Lipinski definition) is 1. The van der Waals surface area contributed by atoms with E-state index in [-0.39, 0.29) is 5.91 Å². The molecule has 15 heavy (non-hydrogen) atoms. The molecule has 88 valence electrons. The minimum Gasteiger partial charge on any atom is -0.341 e. The second-order valence-corrected chi connectivity index (χ2v) is 4.56. The highest BCUT2D eigenvalue weighted by atomic mass is 16.2. The van der Waals surface area contributed by atoms with Crippen molar-refractivity contribution in [3.63, 3.8) is 0 Å². The zero-order chi connectivity index (χ0) is 11.3. The maximum absolute atomic E-state index is 11.8. The smallest absolute Gasteiger partial charge is 0.223 e. The lowest BCUT2D eigenvalue weighted by atomic mass is 10.1. The molecule has 0 bridgehead atoms. The summed E-state index contributed by atoms with van der Waals surface area (Å²) in [5, 5.41) is 3.33. The third-order valence-corrected chi connectivity index (χ3v) is 2.98. The Hall–Kier alpha value is -0.610. The Morgan fingerprint density at radius 1 is 1.40 bits per heavy atom. The molecule has 1 unspecified atom stereocenters. The summed E-state index contributed by atoms with van der Waals surface area (Å²) in [6.45, 7) is 2.88. The Morgan fingerprint density at radius 2 is 2.13 bits per heavy atom. The van der Waals surface area contributed by atoms with Crippen LogP contribution in [-0.4, -0.2) is 62.5 Å². The van der Waals surface area contributed by atoms with E-state index in [4.69, 9.17) is 0 Å². The summed E-state index contributed by atoms with van der Waals surface area (Å²) in [6.07, 6.45) is 2.94. The van der Waals surface area contributed by atoms with Gasteiger partial charge in [-0.1, -0.05) is 0 Å². The molecule has 0 spiro atoms. The first-order valence-corrected chi connectivity index (χ1v) is 5.72. The maximum atomic E-state index is 11.8. The summed E-state index contributed by atoms with van der Waals surface area (Å²) in [4.78, 5) is 15.8. The average molecular weight is 213 g/mol. The molecule has 1 atom stereocenters. The van der Waals surface area contributed by atoms with Crippen LogP contribution in [-0.2, 0) is 4.79 Å². The summed E-state index contributed by atoms with van der Waals surface area (Å²) in [5.74, 6) is 0.261. The number of amides is 1. The fourth-order valence-corrected chi connectivity index (χ4v) is 1.86. The van der Waals surface area contributed by atoms with Gasteiger partial charge >= 0.3 is 0 Å². The van der Waals surface area contributed by atoms with E-state index >= 15 is 0 Å². The summed E-state index contributed by atoms with van der Waals surface area (Å²) in [7, 11) is 5.92. The van der Waals surface area contributed by atoms with Gasteiger partial charge in [-0.2, -0.15) is 0 Å². The summed E-state index contributed by atoms with van der Waals surface area (Å²) in [6, 6.07) is 0.397. The molecule has 0 aliphatic carbocycles. The minimum atomic E-state index is 0.261. The second-order valence-electron chi connectivity index (χ2n) is 4.56. The van der Waals surface area contributed by atoms with E-state index in [0.29, 0.717) is 12.5 Å². The molecule has 4 nitrogen and oxygen atoms in total. The Balaban J connectivity index is 2.30. The Kier molecular flexibility index (Phi) is 5.05. The molecule has 1 N–H and O–H groups in total. The lowest BCUT2D eigenvalue weighted by molar-refractivity contribution is -0.132. The summed E-state index contributed by atoms with van der Waals surface area (Å²) in [5.41, 5.74) is 0. The Morgan fingerprint density at radius 3 is 2.67 bits per heavy atom. The van der Waals surface area contributed by atoms with Gasteiger partial charge in [-0.05, 0) is 33.5 Å². The highest BCUT2D eigenvalue weighted by Gasteiger charge is 2.21. The van der Waals surface area contributed by atoms with Gasteiger partial charge in [0.15, 0.2) is 0 Å². The van der Waals surface area contributed by atoms with Crippen LogP contribution >= 0.6 is 0 Å². The van der Waals surface area contributed by atoms with Crippen LogP contribution < -0.4 is 5.32 Å². The van der Waals surface area contributed by atoms with E-state index in [1.54, 1.807) is 0 Å². The van der Waals surface area contributed by atoms with Crippen molar-refractivity contribution in [3.8, 4) is 0 Å². The second kappa shape index (κ2) is 6.08. The van der Waals surface area contributed by atoms with Crippen molar-refractivity contribution in [3.05, 3.63) is 0 Å². The van der Waals surface area contributed by atoms with Crippen molar-refractivity contribution < 1.29 is 4.79 Å². The largest absolute Gasteiger partial charge is 0.341 e. The number of carbonyl (C=O) groups excluding carboxylic acids is 1. The monoisotopic (exact) mass is 213 g/mol. The third kappa shape index (κ3) is 4.18. The number of piperidine rings is 1. The zero-order valence-corrected chi connectivity index (χ0v) is 10.1. The van der Waals surface area contributed by atoms with Gasteiger partial charge in [-0.25, -0.2) is 0 Å². The number of hydrogen-bond acceptors (Lipinski definition) is 3. The predicted octanol–water partition coefficient (Wildman–Crippen LogP) is 0.149. The lowest BCUT2D eigenvalue weighted by Gasteiger charge is -2.32. The minimum absolute atomic E-state index is 0.261. The van der Waals surface area contributed by atoms with Gasteiger partial charge in [-0.15, -0.1) is 0 Å². The number of nitrogens with zero attached hydrogens (tertiary/aromatic N) is 2. The van der Waals surface area contributed by atoms with E-state index in [0.717, 1.165) is 26.1 Å². The first kappa shape index (κ1) is 12.5. The Bertz CT molecular complexity index is 200. The van der Waals surface area contributed by atoms with Crippen LogP contribution in [0.1, 0.15) is 19.3 Å². The molecule has 1 aliphatic rings. The molecule has 0 saturated carbocycles. The number of likely N-dealkylation sites (N-methyl/N-ethyl adjacent to an activating group) is 1. The fraction of sp³-hybridized carbons (Fsp3) is 0.909. The molecule has 1 fully saturated rings. The van der Waals surface area contributed by atoms with Crippen LogP contribution in [0, 0.1) is 0 Å². The van der Waals surface area contributed by atoms with Gasteiger partial charge in [0, 0.05) is 32.6 Å². The van der Waals surface area contributed by atoms with Gasteiger partial charge in [0.25, 0.3) is 0 Å². The molecule has 1 rings (SSSR count). The van der Waals surface area contributed by atoms with Crippen molar-refractivity contribution in [2.45, 2.75) is 25.3 Å². The average Bonchev–Trinajstić information content (AvgIpc) is 2.26. The first-order chi connectivity index (χ1) is 7.11. The van der Waals surface area contributed by atoms with Gasteiger partial charge in [-0.3, -0.25) is 4.79 Å². The van der Waals surface area contributed by atoms with Crippen LogP contribution in [0.3, 0.4) is 0 Å².